The number of ether oxygens (including phenoxy) is 1. The minimum absolute atomic E-state index is 0.0215. The van der Waals surface area contributed by atoms with Gasteiger partial charge in [0, 0.05) is 27.6 Å². The first kappa shape index (κ1) is 16.6. The lowest BCUT2D eigenvalue weighted by atomic mass is 9.81. The van der Waals surface area contributed by atoms with Gasteiger partial charge in [0.1, 0.15) is 5.76 Å². The maximum absolute atomic E-state index is 11.4. The molecule has 0 fully saturated rings. The summed E-state index contributed by atoms with van der Waals surface area (Å²) in [6.45, 7) is 0. The number of aliphatic hydroxyl groups is 1. The first-order valence-electron chi connectivity index (χ1n) is 7.31. The average molecular weight is 361 g/mol. The van der Waals surface area contributed by atoms with Crippen LogP contribution in [0.5, 0.6) is 0 Å². The zero-order valence-electron chi connectivity index (χ0n) is 12.5. The van der Waals surface area contributed by atoms with Crippen LogP contribution in [0.2, 0.25) is 10.0 Å². The molecule has 1 heterocycles. The largest absolute Gasteiger partial charge is 0.508 e. The van der Waals surface area contributed by atoms with E-state index in [0.717, 1.165) is 11.1 Å². The van der Waals surface area contributed by atoms with Gasteiger partial charge in [0.05, 0.1) is 6.26 Å². The van der Waals surface area contributed by atoms with E-state index in [-0.39, 0.29) is 11.7 Å². The average Bonchev–Trinajstić information content (AvgIpc) is 2.59. The normalized spacial score (nSPS) is 17.0. The molecule has 3 nitrogen and oxygen atoms in total. The highest BCUT2D eigenvalue weighted by molar-refractivity contribution is 6.30. The third-order valence-corrected chi connectivity index (χ3v) is 4.40. The topological polar surface area (TPSA) is 46.5 Å². The second-order valence-electron chi connectivity index (χ2n) is 5.37. The van der Waals surface area contributed by atoms with Crippen LogP contribution in [-0.4, -0.2) is 17.5 Å². The third kappa shape index (κ3) is 3.32. The van der Waals surface area contributed by atoms with Crippen molar-refractivity contribution >= 4 is 29.5 Å². The van der Waals surface area contributed by atoms with Crippen LogP contribution in [0.1, 0.15) is 17.0 Å². The van der Waals surface area contributed by atoms with Crippen LogP contribution in [-0.2, 0) is 9.53 Å². The van der Waals surface area contributed by atoms with Crippen molar-refractivity contribution in [3.8, 4) is 0 Å². The van der Waals surface area contributed by atoms with Gasteiger partial charge in [-0.1, -0.05) is 47.5 Å². The Morgan fingerprint density at radius 2 is 1.46 bits per heavy atom. The van der Waals surface area contributed by atoms with Crippen LogP contribution in [0.15, 0.2) is 72.2 Å². The number of hydrogen-bond acceptors (Lipinski definition) is 3. The monoisotopic (exact) mass is 360 g/mol. The van der Waals surface area contributed by atoms with E-state index in [1.807, 2.05) is 24.3 Å². The highest BCUT2D eigenvalue weighted by atomic mass is 35.5. The number of rotatable bonds is 4. The Labute approximate surface area is 149 Å². The van der Waals surface area contributed by atoms with Gasteiger partial charge in [-0.3, -0.25) is 4.79 Å². The van der Waals surface area contributed by atoms with E-state index >= 15 is 0 Å². The lowest BCUT2D eigenvalue weighted by Gasteiger charge is -2.27. The number of benzene rings is 2. The number of aldehydes is 1. The molecule has 2 aromatic carbocycles. The maximum Gasteiger partial charge on any atom is 0.179 e. The molecule has 0 aromatic heterocycles. The summed E-state index contributed by atoms with van der Waals surface area (Å²) in [7, 11) is 0. The van der Waals surface area contributed by atoms with Gasteiger partial charge in [-0.05, 0) is 35.4 Å². The molecule has 1 aliphatic heterocycles. The first-order chi connectivity index (χ1) is 11.6. The Morgan fingerprint density at radius 1 is 0.958 bits per heavy atom. The molecule has 0 amide bonds. The van der Waals surface area contributed by atoms with Gasteiger partial charge >= 0.3 is 0 Å². The zero-order valence-corrected chi connectivity index (χ0v) is 14.0. The van der Waals surface area contributed by atoms with E-state index in [9.17, 15) is 9.90 Å². The fraction of sp³-hybridized carbons (Fsp3) is 0.105. The lowest BCUT2D eigenvalue weighted by molar-refractivity contribution is -0.114. The van der Waals surface area contributed by atoms with Crippen LogP contribution >= 0.6 is 23.2 Å². The van der Waals surface area contributed by atoms with E-state index in [1.165, 1.54) is 12.3 Å². The molecular formula is C19H14Cl2O3. The van der Waals surface area contributed by atoms with Gasteiger partial charge in [0.15, 0.2) is 12.4 Å². The van der Waals surface area contributed by atoms with Crippen molar-refractivity contribution < 1.29 is 14.6 Å². The summed E-state index contributed by atoms with van der Waals surface area (Å²) in [5.41, 5.74) is 2.25. The molecule has 0 spiro atoms. The summed E-state index contributed by atoms with van der Waals surface area (Å²) in [5.74, 6) is -0.340. The number of halogens is 2. The fourth-order valence-electron chi connectivity index (χ4n) is 2.78. The van der Waals surface area contributed by atoms with Gasteiger partial charge < -0.3 is 9.84 Å². The summed E-state index contributed by atoms with van der Waals surface area (Å²) in [4.78, 5) is 11.4. The second-order valence-corrected chi connectivity index (χ2v) is 6.25. The fourth-order valence-corrected chi connectivity index (χ4v) is 3.04. The van der Waals surface area contributed by atoms with Crippen molar-refractivity contribution in [2.75, 3.05) is 0 Å². The third-order valence-electron chi connectivity index (χ3n) is 3.89. The van der Waals surface area contributed by atoms with Crippen molar-refractivity contribution in [3.05, 3.63) is 93.4 Å². The molecule has 1 atom stereocenters. The van der Waals surface area contributed by atoms with E-state index in [2.05, 4.69) is 0 Å². The smallest absolute Gasteiger partial charge is 0.179 e. The Hall–Kier alpha value is -2.23. The lowest BCUT2D eigenvalue weighted by Crippen LogP contribution is -2.25. The number of hydrogen-bond donors (Lipinski definition) is 1. The van der Waals surface area contributed by atoms with Crippen molar-refractivity contribution in [3.63, 3.8) is 0 Å². The number of allylic oxidation sites excluding steroid dienone is 1. The minimum Gasteiger partial charge on any atom is -0.508 e. The highest BCUT2D eigenvalue weighted by Gasteiger charge is 2.31. The SMILES string of the molecule is O=CC1OC=CC(O)=C1C(c1ccc(Cl)cc1)c1ccc(Cl)cc1. The Morgan fingerprint density at radius 3 is 1.92 bits per heavy atom. The maximum atomic E-state index is 11.4. The standard InChI is InChI=1S/C19H14Cl2O3/c20-14-5-1-12(2-6-14)18(13-3-7-15(21)8-4-13)19-16(23)9-10-24-17(19)11-22/h1-11,17-18,23H. The summed E-state index contributed by atoms with van der Waals surface area (Å²) in [6.07, 6.45) is 2.58. The summed E-state index contributed by atoms with van der Waals surface area (Å²) < 4.78 is 5.36. The van der Waals surface area contributed by atoms with Crippen molar-refractivity contribution in [1.29, 1.82) is 0 Å². The van der Waals surface area contributed by atoms with Crippen molar-refractivity contribution in [2.45, 2.75) is 12.0 Å². The summed E-state index contributed by atoms with van der Waals surface area (Å²) in [5, 5.41) is 11.6. The molecule has 1 aliphatic rings. The van der Waals surface area contributed by atoms with E-state index in [0.29, 0.717) is 21.9 Å². The molecular weight excluding hydrogens is 347 g/mol. The van der Waals surface area contributed by atoms with E-state index in [1.54, 1.807) is 24.3 Å². The number of aliphatic hydroxyl groups excluding tert-OH is 1. The summed E-state index contributed by atoms with van der Waals surface area (Å²) >= 11 is 12.0. The molecule has 1 unspecified atom stereocenters. The van der Waals surface area contributed by atoms with E-state index in [4.69, 9.17) is 27.9 Å². The molecule has 0 saturated carbocycles. The van der Waals surface area contributed by atoms with Crippen molar-refractivity contribution in [1.82, 2.24) is 0 Å². The molecule has 3 rings (SSSR count). The van der Waals surface area contributed by atoms with E-state index < -0.39 is 6.10 Å². The molecule has 0 bridgehead atoms. The molecule has 24 heavy (non-hydrogen) atoms. The predicted octanol–water partition coefficient (Wildman–Crippen LogP) is 5.05. The van der Waals surface area contributed by atoms with Gasteiger partial charge in [-0.15, -0.1) is 0 Å². The Bertz CT molecular complexity index is 747. The molecule has 1 N–H and O–H groups in total. The van der Waals surface area contributed by atoms with Gasteiger partial charge in [-0.25, -0.2) is 0 Å². The van der Waals surface area contributed by atoms with Crippen LogP contribution in [0.3, 0.4) is 0 Å². The van der Waals surface area contributed by atoms with Crippen LogP contribution in [0.25, 0.3) is 0 Å². The zero-order chi connectivity index (χ0) is 17.1. The quantitative estimate of drug-likeness (QED) is 0.776. The van der Waals surface area contributed by atoms with Crippen LogP contribution in [0.4, 0.5) is 0 Å². The van der Waals surface area contributed by atoms with Crippen LogP contribution < -0.4 is 0 Å². The Kier molecular flexibility index (Phi) is 4.93. The predicted molar refractivity (Wildman–Crippen MR) is 94.5 cm³/mol. The van der Waals surface area contributed by atoms with Crippen molar-refractivity contribution in [2.24, 2.45) is 0 Å². The second kappa shape index (κ2) is 7.12. The van der Waals surface area contributed by atoms with Gasteiger partial charge in [-0.2, -0.15) is 0 Å². The molecule has 0 radical (unpaired) electrons. The minimum atomic E-state index is -0.855. The number of carbonyl (C=O) groups excluding carboxylic acids is 1. The van der Waals surface area contributed by atoms with Gasteiger partial charge in [0.25, 0.3) is 0 Å². The molecule has 2 aromatic rings. The summed E-state index contributed by atoms with van der Waals surface area (Å²) in [6, 6.07) is 14.5. The molecule has 122 valence electrons. The molecule has 0 saturated heterocycles. The van der Waals surface area contributed by atoms with Crippen LogP contribution in [0, 0.1) is 0 Å². The molecule has 0 aliphatic carbocycles. The Balaban J connectivity index is 2.18. The highest BCUT2D eigenvalue weighted by Crippen LogP contribution is 2.38. The number of carbonyl (C=O) groups is 1. The first-order valence-corrected chi connectivity index (χ1v) is 8.07. The molecule has 5 heteroatoms. The van der Waals surface area contributed by atoms with Gasteiger partial charge in [0.2, 0.25) is 0 Å².